The van der Waals surface area contributed by atoms with Gasteiger partial charge in [0.25, 0.3) is 5.91 Å². The second-order valence-electron chi connectivity index (χ2n) is 5.34. The molecule has 0 saturated carbocycles. The first kappa shape index (κ1) is 15.4. The summed E-state index contributed by atoms with van der Waals surface area (Å²) in [6.07, 6.45) is 3.34. The second-order valence-corrected chi connectivity index (χ2v) is 6.12. The summed E-state index contributed by atoms with van der Waals surface area (Å²) in [6, 6.07) is 3.73. The van der Waals surface area contributed by atoms with Gasteiger partial charge in [-0.25, -0.2) is 5.01 Å². The van der Waals surface area contributed by atoms with Gasteiger partial charge in [0.2, 0.25) is 0 Å². The van der Waals surface area contributed by atoms with E-state index in [0.29, 0.717) is 23.3 Å². The van der Waals surface area contributed by atoms with Gasteiger partial charge in [0.15, 0.2) is 0 Å². The lowest BCUT2D eigenvalue weighted by Gasteiger charge is -2.38. The number of nitrogens with one attached hydrogen (secondary N) is 1. The van der Waals surface area contributed by atoms with E-state index >= 15 is 0 Å². The van der Waals surface area contributed by atoms with Crippen molar-refractivity contribution in [1.29, 1.82) is 0 Å². The van der Waals surface area contributed by atoms with Gasteiger partial charge in [0, 0.05) is 17.6 Å². The quantitative estimate of drug-likeness (QED) is 0.821. The van der Waals surface area contributed by atoms with Crippen molar-refractivity contribution in [3.8, 4) is 0 Å². The van der Waals surface area contributed by atoms with E-state index in [-0.39, 0.29) is 16.0 Å². The number of hydrogen-bond donors (Lipinski definition) is 2. The van der Waals surface area contributed by atoms with Gasteiger partial charge in [-0.3, -0.25) is 10.2 Å². The van der Waals surface area contributed by atoms with Gasteiger partial charge in [-0.05, 0) is 38.8 Å². The maximum absolute atomic E-state index is 12.3. The molecule has 3 N–H and O–H groups in total. The molecule has 0 radical (unpaired) electrons. The highest BCUT2D eigenvalue weighted by atomic mass is 35.5. The Morgan fingerprint density at radius 3 is 2.45 bits per heavy atom. The van der Waals surface area contributed by atoms with E-state index in [1.807, 2.05) is 5.01 Å². The third-order valence-corrected chi connectivity index (χ3v) is 4.56. The molecule has 20 heavy (non-hydrogen) atoms. The maximum atomic E-state index is 12.3. The molecule has 2 atom stereocenters. The molecule has 1 aliphatic heterocycles. The lowest BCUT2D eigenvalue weighted by atomic mass is 10.00. The molecule has 6 heteroatoms. The first-order valence-electron chi connectivity index (χ1n) is 6.74. The van der Waals surface area contributed by atoms with Crippen molar-refractivity contribution in [2.24, 2.45) is 0 Å². The van der Waals surface area contributed by atoms with Crippen molar-refractivity contribution in [2.75, 3.05) is 5.73 Å². The largest absolute Gasteiger partial charge is 0.397 e. The molecule has 1 fully saturated rings. The molecule has 0 bridgehead atoms. The summed E-state index contributed by atoms with van der Waals surface area (Å²) in [7, 11) is 0. The minimum absolute atomic E-state index is 0.212. The van der Waals surface area contributed by atoms with Gasteiger partial charge in [-0.15, -0.1) is 0 Å². The Morgan fingerprint density at radius 2 is 1.90 bits per heavy atom. The van der Waals surface area contributed by atoms with Crippen LogP contribution in [-0.2, 0) is 0 Å². The van der Waals surface area contributed by atoms with E-state index in [1.54, 1.807) is 6.07 Å². The number of rotatable bonds is 2. The molecule has 1 aromatic rings. The van der Waals surface area contributed by atoms with Gasteiger partial charge < -0.3 is 5.73 Å². The van der Waals surface area contributed by atoms with Crippen LogP contribution in [0.1, 0.15) is 43.5 Å². The van der Waals surface area contributed by atoms with Gasteiger partial charge in [-0.2, -0.15) is 0 Å². The number of carbonyl (C=O) groups excluding carboxylic acids is 1. The summed E-state index contributed by atoms with van der Waals surface area (Å²) < 4.78 is 0. The zero-order chi connectivity index (χ0) is 14.9. The Hall–Kier alpha value is -0.970. The number of nitrogens with two attached hydrogens (primary N) is 1. The topological polar surface area (TPSA) is 58.4 Å². The smallest absolute Gasteiger partial charge is 0.265 e. The molecule has 0 aliphatic carbocycles. The average Bonchev–Trinajstić information content (AvgIpc) is 2.39. The molecule has 110 valence electrons. The highest BCUT2D eigenvalue weighted by molar-refractivity contribution is 6.43. The van der Waals surface area contributed by atoms with Crippen LogP contribution in [0, 0.1) is 0 Å². The van der Waals surface area contributed by atoms with Gasteiger partial charge >= 0.3 is 0 Å². The van der Waals surface area contributed by atoms with E-state index in [9.17, 15) is 4.79 Å². The SMILES string of the molecule is CC1CCCC(C)N1NC(=O)c1cc(N)c(Cl)c(Cl)c1. The average molecular weight is 316 g/mol. The van der Waals surface area contributed by atoms with Crippen molar-refractivity contribution in [1.82, 2.24) is 10.4 Å². The summed E-state index contributed by atoms with van der Waals surface area (Å²) in [5.41, 5.74) is 9.41. The van der Waals surface area contributed by atoms with E-state index < -0.39 is 0 Å². The highest BCUT2D eigenvalue weighted by Gasteiger charge is 2.26. The zero-order valence-electron chi connectivity index (χ0n) is 11.6. The number of nitrogens with zero attached hydrogens (tertiary/aromatic N) is 1. The fourth-order valence-electron chi connectivity index (χ4n) is 2.56. The number of amides is 1. The third-order valence-electron chi connectivity index (χ3n) is 3.74. The highest BCUT2D eigenvalue weighted by Crippen LogP contribution is 2.29. The zero-order valence-corrected chi connectivity index (χ0v) is 13.1. The molecule has 2 rings (SSSR count). The summed E-state index contributed by atoms with van der Waals surface area (Å²) in [4.78, 5) is 12.3. The van der Waals surface area contributed by atoms with Crippen molar-refractivity contribution in [3.63, 3.8) is 0 Å². The minimum atomic E-state index is -0.212. The number of anilines is 1. The predicted molar refractivity (Wildman–Crippen MR) is 83.0 cm³/mol. The van der Waals surface area contributed by atoms with Gasteiger partial charge in [0.05, 0.1) is 15.7 Å². The molecule has 0 spiro atoms. The van der Waals surface area contributed by atoms with Crippen LogP contribution in [0.4, 0.5) is 5.69 Å². The van der Waals surface area contributed by atoms with Crippen molar-refractivity contribution in [3.05, 3.63) is 27.7 Å². The molecule has 4 nitrogen and oxygen atoms in total. The summed E-state index contributed by atoms with van der Waals surface area (Å²) in [5.74, 6) is -0.212. The van der Waals surface area contributed by atoms with Crippen LogP contribution in [0.15, 0.2) is 12.1 Å². The van der Waals surface area contributed by atoms with Crippen molar-refractivity contribution < 1.29 is 4.79 Å². The van der Waals surface area contributed by atoms with E-state index in [1.165, 1.54) is 12.5 Å². The first-order valence-corrected chi connectivity index (χ1v) is 7.49. The first-order chi connectivity index (χ1) is 9.40. The Morgan fingerprint density at radius 1 is 1.30 bits per heavy atom. The lowest BCUT2D eigenvalue weighted by Crippen LogP contribution is -2.54. The monoisotopic (exact) mass is 315 g/mol. The fraction of sp³-hybridized carbons (Fsp3) is 0.500. The molecule has 1 heterocycles. The molecule has 1 aliphatic rings. The lowest BCUT2D eigenvalue weighted by molar-refractivity contribution is 0.0370. The molecule has 1 amide bonds. The normalized spacial score (nSPS) is 23.6. The van der Waals surface area contributed by atoms with E-state index in [4.69, 9.17) is 28.9 Å². The molecular formula is C14H19Cl2N3O. The molecule has 0 aromatic heterocycles. The number of hydrazine groups is 1. The van der Waals surface area contributed by atoms with Gasteiger partial charge in [0.1, 0.15) is 0 Å². The van der Waals surface area contributed by atoms with E-state index in [0.717, 1.165) is 12.8 Å². The number of benzene rings is 1. The Kier molecular flexibility index (Phi) is 4.78. The number of halogens is 2. The van der Waals surface area contributed by atoms with Crippen molar-refractivity contribution in [2.45, 2.75) is 45.2 Å². The number of hydrogen-bond acceptors (Lipinski definition) is 3. The minimum Gasteiger partial charge on any atom is -0.397 e. The van der Waals surface area contributed by atoms with Crippen LogP contribution in [0.25, 0.3) is 0 Å². The van der Waals surface area contributed by atoms with Crippen LogP contribution in [-0.4, -0.2) is 23.0 Å². The van der Waals surface area contributed by atoms with Crippen LogP contribution < -0.4 is 11.2 Å². The summed E-state index contributed by atoms with van der Waals surface area (Å²) in [5, 5.41) is 2.57. The summed E-state index contributed by atoms with van der Waals surface area (Å²) in [6.45, 7) is 4.22. The molecular weight excluding hydrogens is 297 g/mol. The van der Waals surface area contributed by atoms with Crippen LogP contribution in [0.3, 0.4) is 0 Å². The van der Waals surface area contributed by atoms with E-state index in [2.05, 4.69) is 19.3 Å². The second kappa shape index (κ2) is 6.20. The third kappa shape index (κ3) is 3.19. The Labute approximate surface area is 129 Å². The summed E-state index contributed by atoms with van der Waals surface area (Å²) >= 11 is 11.9. The number of carbonyl (C=O) groups is 1. The molecule has 2 unspecified atom stereocenters. The maximum Gasteiger partial charge on any atom is 0.265 e. The molecule has 1 aromatic carbocycles. The number of nitrogen functional groups attached to an aromatic ring is 1. The molecule has 1 saturated heterocycles. The van der Waals surface area contributed by atoms with Crippen molar-refractivity contribution >= 4 is 34.8 Å². The van der Waals surface area contributed by atoms with Crippen LogP contribution in [0.5, 0.6) is 0 Å². The number of piperidine rings is 1. The van der Waals surface area contributed by atoms with Crippen LogP contribution >= 0.6 is 23.2 Å². The standard InChI is InChI=1S/C14H19Cl2N3O/c1-8-4-3-5-9(2)19(8)18-14(20)10-6-11(15)13(16)12(17)7-10/h6-9H,3-5,17H2,1-2H3,(H,18,20). The Bertz CT molecular complexity index is 488. The van der Waals surface area contributed by atoms with Crippen LogP contribution in [0.2, 0.25) is 10.0 Å². The van der Waals surface area contributed by atoms with Gasteiger partial charge in [-0.1, -0.05) is 29.6 Å². The Balaban J connectivity index is 2.15. The fourth-order valence-corrected chi connectivity index (χ4v) is 2.90. The predicted octanol–water partition coefficient (Wildman–Crippen LogP) is 3.48.